The highest BCUT2D eigenvalue weighted by Gasteiger charge is 2.24. The van der Waals surface area contributed by atoms with E-state index in [0.29, 0.717) is 24.3 Å². The number of hydrogen-bond acceptors (Lipinski definition) is 3. The first kappa shape index (κ1) is 14.5. The Morgan fingerprint density at radius 2 is 1.67 bits per heavy atom. The van der Waals surface area contributed by atoms with Crippen LogP contribution in [0.2, 0.25) is 0 Å². The second-order valence-electron chi connectivity index (χ2n) is 3.72. The molecule has 0 radical (unpaired) electrons. The van der Waals surface area contributed by atoms with Crippen LogP contribution in [0.3, 0.4) is 0 Å². The summed E-state index contributed by atoms with van der Waals surface area (Å²) < 4.78 is 27.1. The predicted molar refractivity (Wildman–Crippen MR) is 71.4 cm³/mol. The molecule has 0 amide bonds. The number of rotatable bonds is 5. The van der Waals surface area contributed by atoms with Crippen molar-refractivity contribution in [3.8, 4) is 6.07 Å². The summed E-state index contributed by atoms with van der Waals surface area (Å²) in [5.74, 6) is 0. The zero-order valence-corrected chi connectivity index (χ0v) is 11.6. The highest BCUT2D eigenvalue weighted by atomic mass is 32.2. The van der Waals surface area contributed by atoms with Crippen LogP contribution in [0.15, 0.2) is 24.3 Å². The fourth-order valence-electron chi connectivity index (χ4n) is 1.60. The van der Waals surface area contributed by atoms with Crippen molar-refractivity contribution in [3.63, 3.8) is 0 Å². The SMILES string of the molecule is CCN(CC)S(=O)(=O)N(C)c1ccc(C#N)cc1. The van der Waals surface area contributed by atoms with E-state index in [1.165, 1.54) is 15.7 Å². The zero-order chi connectivity index (χ0) is 13.8. The van der Waals surface area contributed by atoms with Crippen LogP contribution in [0.5, 0.6) is 0 Å². The molecule has 0 fully saturated rings. The van der Waals surface area contributed by atoms with E-state index in [-0.39, 0.29) is 0 Å². The lowest BCUT2D eigenvalue weighted by atomic mass is 10.2. The lowest BCUT2D eigenvalue weighted by molar-refractivity contribution is 0.444. The third-order valence-electron chi connectivity index (χ3n) is 2.74. The van der Waals surface area contributed by atoms with Gasteiger partial charge in [0.05, 0.1) is 17.3 Å². The summed E-state index contributed by atoms with van der Waals surface area (Å²) >= 11 is 0. The molecule has 0 aromatic heterocycles. The molecule has 5 nitrogen and oxygen atoms in total. The van der Waals surface area contributed by atoms with Crippen LogP contribution in [0.25, 0.3) is 0 Å². The van der Waals surface area contributed by atoms with Crippen LogP contribution in [0.4, 0.5) is 5.69 Å². The molecule has 0 aliphatic carbocycles. The summed E-state index contributed by atoms with van der Waals surface area (Å²) in [6.07, 6.45) is 0. The largest absolute Gasteiger partial charge is 0.303 e. The minimum Gasteiger partial charge on any atom is -0.261 e. The smallest absolute Gasteiger partial charge is 0.261 e. The molecule has 1 aromatic carbocycles. The Labute approximate surface area is 108 Å². The fraction of sp³-hybridized carbons (Fsp3) is 0.417. The van der Waals surface area contributed by atoms with Crippen molar-refractivity contribution < 1.29 is 8.42 Å². The van der Waals surface area contributed by atoms with Gasteiger partial charge in [0, 0.05) is 20.1 Å². The fourth-order valence-corrected chi connectivity index (χ4v) is 2.99. The van der Waals surface area contributed by atoms with Gasteiger partial charge in [-0.3, -0.25) is 4.31 Å². The quantitative estimate of drug-likeness (QED) is 0.813. The topological polar surface area (TPSA) is 64.4 Å². The van der Waals surface area contributed by atoms with Gasteiger partial charge in [-0.05, 0) is 24.3 Å². The van der Waals surface area contributed by atoms with Crippen molar-refractivity contribution in [3.05, 3.63) is 29.8 Å². The Morgan fingerprint density at radius 1 is 1.17 bits per heavy atom. The van der Waals surface area contributed by atoms with Gasteiger partial charge in [0.1, 0.15) is 0 Å². The van der Waals surface area contributed by atoms with Gasteiger partial charge in [-0.1, -0.05) is 13.8 Å². The highest BCUT2D eigenvalue weighted by Crippen LogP contribution is 2.18. The third kappa shape index (κ3) is 2.81. The van der Waals surface area contributed by atoms with Crippen LogP contribution in [-0.4, -0.2) is 32.9 Å². The Hall–Kier alpha value is -1.58. The van der Waals surface area contributed by atoms with Crippen molar-refractivity contribution >= 4 is 15.9 Å². The van der Waals surface area contributed by atoms with E-state index < -0.39 is 10.2 Å². The van der Waals surface area contributed by atoms with Gasteiger partial charge in [0.15, 0.2) is 0 Å². The molecule has 0 spiro atoms. The molecule has 0 bridgehead atoms. The number of benzene rings is 1. The molecular formula is C12H17N3O2S. The summed E-state index contributed by atoms with van der Waals surface area (Å²) in [7, 11) is -1.98. The Balaban J connectivity index is 3.06. The van der Waals surface area contributed by atoms with Crippen molar-refractivity contribution in [2.24, 2.45) is 0 Å². The Bertz CT molecular complexity index is 527. The van der Waals surface area contributed by atoms with Crippen LogP contribution >= 0.6 is 0 Å². The summed E-state index contributed by atoms with van der Waals surface area (Å²) in [4.78, 5) is 0. The average Bonchev–Trinajstić information content (AvgIpc) is 2.39. The van der Waals surface area contributed by atoms with E-state index in [1.54, 1.807) is 38.1 Å². The van der Waals surface area contributed by atoms with Crippen molar-refractivity contribution in [2.45, 2.75) is 13.8 Å². The molecule has 0 saturated carbocycles. The average molecular weight is 267 g/mol. The molecular weight excluding hydrogens is 250 g/mol. The van der Waals surface area contributed by atoms with Gasteiger partial charge < -0.3 is 0 Å². The maximum atomic E-state index is 12.2. The molecule has 18 heavy (non-hydrogen) atoms. The Morgan fingerprint density at radius 3 is 2.06 bits per heavy atom. The van der Waals surface area contributed by atoms with Crippen LogP contribution in [0, 0.1) is 11.3 Å². The molecule has 0 aliphatic rings. The molecule has 0 atom stereocenters. The number of nitrogens with zero attached hydrogens (tertiary/aromatic N) is 3. The maximum Gasteiger partial charge on any atom is 0.303 e. The van der Waals surface area contributed by atoms with Gasteiger partial charge in [-0.2, -0.15) is 18.0 Å². The van der Waals surface area contributed by atoms with E-state index in [2.05, 4.69) is 0 Å². The summed E-state index contributed by atoms with van der Waals surface area (Å²) in [5, 5.41) is 8.70. The van der Waals surface area contributed by atoms with Gasteiger partial charge >= 0.3 is 10.2 Å². The van der Waals surface area contributed by atoms with Gasteiger partial charge in [-0.25, -0.2) is 0 Å². The standard InChI is InChI=1S/C12H17N3O2S/c1-4-15(5-2)18(16,17)14(3)12-8-6-11(10-13)7-9-12/h6-9H,4-5H2,1-3H3. The normalized spacial score (nSPS) is 11.3. The molecule has 6 heteroatoms. The maximum absolute atomic E-state index is 12.2. The molecule has 1 aromatic rings. The molecule has 0 N–H and O–H groups in total. The Kier molecular flexibility index (Phi) is 4.70. The summed E-state index contributed by atoms with van der Waals surface area (Å²) in [5.41, 5.74) is 1.05. The van der Waals surface area contributed by atoms with Gasteiger partial charge in [0.25, 0.3) is 0 Å². The van der Waals surface area contributed by atoms with Crippen LogP contribution < -0.4 is 4.31 Å². The first-order chi connectivity index (χ1) is 8.47. The van der Waals surface area contributed by atoms with Crippen LogP contribution in [-0.2, 0) is 10.2 Å². The second-order valence-corrected chi connectivity index (χ2v) is 5.68. The van der Waals surface area contributed by atoms with E-state index in [0.717, 1.165) is 0 Å². The number of anilines is 1. The highest BCUT2D eigenvalue weighted by molar-refractivity contribution is 7.90. The molecule has 98 valence electrons. The predicted octanol–water partition coefficient (Wildman–Crippen LogP) is 1.58. The molecule has 0 aliphatic heterocycles. The van der Waals surface area contributed by atoms with Crippen LogP contribution in [0.1, 0.15) is 19.4 Å². The third-order valence-corrected chi connectivity index (χ3v) is 4.81. The van der Waals surface area contributed by atoms with Crippen molar-refractivity contribution in [1.82, 2.24) is 4.31 Å². The minimum atomic E-state index is -3.49. The lowest BCUT2D eigenvalue weighted by Crippen LogP contribution is -2.41. The van der Waals surface area contributed by atoms with Gasteiger partial charge in [0.2, 0.25) is 0 Å². The van der Waals surface area contributed by atoms with E-state index in [9.17, 15) is 8.42 Å². The lowest BCUT2D eigenvalue weighted by Gasteiger charge is -2.26. The number of hydrogen-bond donors (Lipinski definition) is 0. The minimum absolute atomic E-state index is 0.430. The monoisotopic (exact) mass is 267 g/mol. The molecule has 0 heterocycles. The molecule has 1 rings (SSSR count). The second kappa shape index (κ2) is 5.85. The molecule has 0 saturated heterocycles. The van der Waals surface area contributed by atoms with E-state index in [4.69, 9.17) is 5.26 Å². The van der Waals surface area contributed by atoms with Gasteiger partial charge in [-0.15, -0.1) is 0 Å². The first-order valence-electron chi connectivity index (χ1n) is 5.71. The molecule has 0 unspecified atom stereocenters. The zero-order valence-electron chi connectivity index (χ0n) is 10.8. The number of nitriles is 1. The van der Waals surface area contributed by atoms with E-state index in [1.807, 2.05) is 6.07 Å². The first-order valence-corrected chi connectivity index (χ1v) is 7.11. The van der Waals surface area contributed by atoms with Crippen molar-refractivity contribution in [1.29, 1.82) is 5.26 Å². The summed E-state index contributed by atoms with van der Waals surface area (Å²) in [6, 6.07) is 8.45. The summed E-state index contributed by atoms with van der Waals surface area (Å²) in [6.45, 7) is 4.46. The van der Waals surface area contributed by atoms with Crippen molar-refractivity contribution in [2.75, 3.05) is 24.4 Å². The van der Waals surface area contributed by atoms with E-state index >= 15 is 0 Å².